The van der Waals surface area contributed by atoms with Gasteiger partial charge in [0.1, 0.15) is 0 Å². The van der Waals surface area contributed by atoms with E-state index in [9.17, 15) is 0 Å². The van der Waals surface area contributed by atoms with Gasteiger partial charge in [0.15, 0.2) is 0 Å². The second kappa shape index (κ2) is 6.47. The molecule has 1 atom stereocenters. The van der Waals surface area contributed by atoms with Crippen LogP contribution in [0, 0.1) is 0 Å². The summed E-state index contributed by atoms with van der Waals surface area (Å²) in [4.78, 5) is 0. The van der Waals surface area contributed by atoms with Gasteiger partial charge < -0.3 is 5.73 Å². The van der Waals surface area contributed by atoms with Crippen molar-refractivity contribution >= 4 is 0 Å². The van der Waals surface area contributed by atoms with E-state index in [1.807, 2.05) is 6.92 Å². The number of hydrogen-bond donors (Lipinski definition) is 1. The van der Waals surface area contributed by atoms with Crippen LogP contribution in [-0.4, -0.2) is 0 Å². The molecule has 0 spiro atoms. The van der Waals surface area contributed by atoms with Crippen molar-refractivity contribution in [1.82, 2.24) is 0 Å². The van der Waals surface area contributed by atoms with Gasteiger partial charge in [-0.3, -0.25) is 0 Å². The van der Waals surface area contributed by atoms with Crippen LogP contribution in [0.25, 0.3) is 11.1 Å². The number of benzene rings is 4. The SMILES string of the molecule is CC(N)c1ccc(C2(c3ccccc3)c3ccccc3-c3ccccc32)cc1. The Balaban J connectivity index is 1.89. The molecule has 2 N–H and O–H groups in total. The van der Waals surface area contributed by atoms with E-state index >= 15 is 0 Å². The van der Waals surface area contributed by atoms with E-state index < -0.39 is 0 Å². The first-order valence-corrected chi connectivity index (χ1v) is 9.84. The Morgan fingerprint density at radius 3 is 1.57 bits per heavy atom. The van der Waals surface area contributed by atoms with E-state index in [1.54, 1.807) is 0 Å². The van der Waals surface area contributed by atoms with Crippen LogP contribution in [0.1, 0.15) is 40.8 Å². The molecule has 0 aliphatic heterocycles. The molecule has 0 aromatic heterocycles. The lowest BCUT2D eigenvalue weighted by molar-refractivity contribution is 0.762. The maximum absolute atomic E-state index is 6.11. The number of fused-ring (bicyclic) bond motifs is 3. The van der Waals surface area contributed by atoms with Crippen LogP contribution in [0.3, 0.4) is 0 Å². The van der Waals surface area contributed by atoms with Crippen molar-refractivity contribution in [3.8, 4) is 11.1 Å². The van der Waals surface area contributed by atoms with Gasteiger partial charge in [-0.15, -0.1) is 0 Å². The summed E-state index contributed by atoms with van der Waals surface area (Å²) < 4.78 is 0. The van der Waals surface area contributed by atoms with Crippen molar-refractivity contribution in [2.24, 2.45) is 5.73 Å². The molecule has 136 valence electrons. The van der Waals surface area contributed by atoms with E-state index in [2.05, 4.69) is 103 Å². The van der Waals surface area contributed by atoms with Gasteiger partial charge >= 0.3 is 0 Å². The van der Waals surface area contributed by atoms with Gasteiger partial charge in [-0.2, -0.15) is 0 Å². The molecule has 0 saturated carbocycles. The molecule has 0 radical (unpaired) electrons. The average molecular weight is 361 g/mol. The fraction of sp³-hybridized carbons (Fsp3) is 0.111. The molecule has 1 nitrogen and oxygen atoms in total. The highest BCUT2D eigenvalue weighted by atomic mass is 14.6. The summed E-state index contributed by atoms with van der Waals surface area (Å²) in [7, 11) is 0. The Kier molecular flexibility index (Phi) is 3.92. The molecule has 4 aromatic carbocycles. The molecular weight excluding hydrogens is 338 g/mol. The van der Waals surface area contributed by atoms with Gasteiger partial charge in [0.05, 0.1) is 5.41 Å². The second-order valence-electron chi connectivity index (χ2n) is 7.62. The molecule has 5 rings (SSSR count). The Hall–Kier alpha value is -3.16. The van der Waals surface area contributed by atoms with Gasteiger partial charge in [0.25, 0.3) is 0 Å². The molecule has 1 aliphatic carbocycles. The summed E-state index contributed by atoms with van der Waals surface area (Å²) in [5.74, 6) is 0. The van der Waals surface area contributed by atoms with Crippen molar-refractivity contribution in [2.75, 3.05) is 0 Å². The standard InChI is InChI=1S/C27H23N/c1-19(28)20-15-17-22(18-16-20)27(21-9-3-2-4-10-21)25-13-7-5-11-23(25)24-12-6-8-14-26(24)27/h2-19H,28H2,1H3. The molecule has 1 aliphatic rings. The summed E-state index contributed by atoms with van der Waals surface area (Å²) in [5.41, 5.74) is 14.9. The van der Waals surface area contributed by atoms with E-state index in [1.165, 1.54) is 33.4 Å². The fourth-order valence-corrected chi connectivity index (χ4v) is 4.75. The quantitative estimate of drug-likeness (QED) is 0.415. The lowest BCUT2D eigenvalue weighted by Crippen LogP contribution is -2.28. The minimum atomic E-state index is -0.315. The van der Waals surface area contributed by atoms with Crippen LogP contribution >= 0.6 is 0 Å². The molecule has 1 unspecified atom stereocenters. The van der Waals surface area contributed by atoms with E-state index in [4.69, 9.17) is 5.73 Å². The van der Waals surface area contributed by atoms with Crippen LogP contribution < -0.4 is 5.73 Å². The first kappa shape index (κ1) is 17.0. The lowest BCUT2D eigenvalue weighted by Gasteiger charge is -2.34. The average Bonchev–Trinajstić information content (AvgIpc) is 3.06. The highest BCUT2D eigenvalue weighted by molar-refractivity contribution is 5.86. The smallest absolute Gasteiger partial charge is 0.0713 e. The molecule has 0 saturated heterocycles. The number of rotatable bonds is 3. The van der Waals surface area contributed by atoms with Gasteiger partial charge in [0.2, 0.25) is 0 Å². The normalized spacial score (nSPS) is 14.9. The lowest BCUT2D eigenvalue weighted by atomic mass is 9.67. The summed E-state index contributed by atoms with van der Waals surface area (Å²) in [6.45, 7) is 2.03. The van der Waals surface area contributed by atoms with Crippen LogP contribution in [0.4, 0.5) is 0 Å². The van der Waals surface area contributed by atoms with Gasteiger partial charge in [-0.1, -0.05) is 103 Å². The van der Waals surface area contributed by atoms with Crippen molar-refractivity contribution in [3.05, 3.63) is 131 Å². The summed E-state index contributed by atoms with van der Waals surface area (Å²) in [6, 6.07) is 37.4. The number of hydrogen-bond acceptors (Lipinski definition) is 1. The minimum absolute atomic E-state index is 0.0323. The van der Waals surface area contributed by atoms with Gasteiger partial charge in [-0.25, -0.2) is 0 Å². The van der Waals surface area contributed by atoms with E-state index in [0.29, 0.717) is 0 Å². The first-order chi connectivity index (χ1) is 13.7. The molecule has 28 heavy (non-hydrogen) atoms. The maximum atomic E-state index is 6.11. The zero-order valence-corrected chi connectivity index (χ0v) is 16.0. The largest absolute Gasteiger partial charge is 0.324 e. The zero-order chi connectivity index (χ0) is 19.1. The molecule has 0 bridgehead atoms. The van der Waals surface area contributed by atoms with Crippen LogP contribution in [0.15, 0.2) is 103 Å². The molecule has 0 heterocycles. The Bertz CT molecular complexity index is 1080. The Morgan fingerprint density at radius 1 is 0.571 bits per heavy atom. The third kappa shape index (κ3) is 2.30. The monoisotopic (exact) mass is 361 g/mol. The molecule has 0 amide bonds. The topological polar surface area (TPSA) is 26.0 Å². The van der Waals surface area contributed by atoms with Crippen molar-refractivity contribution in [2.45, 2.75) is 18.4 Å². The van der Waals surface area contributed by atoms with E-state index in [-0.39, 0.29) is 11.5 Å². The predicted molar refractivity (Wildman–Crippen MR) is 116 cm³/mol. The van der Waals surface area contributed by atoms with Crippen molar-refractivity contribution in [3.63, 3.8) is 0 Å². The van der Waals surface area contributed by atoms with Crippen LogP contribution in [-0.2, 0) is 5.41 Å². The molecule has 4 aromatic rings. The molecule has 1 heteroatoms. The zero-order valence-electron chi connectivity index (χ0n) is 16.0. The summed E-state index contributed by atoms with van der Waals surface area (Å²) >= 11 is 0. The molecule has 0 fully saturated rings. The Morgan fingerprint density at radius 2 is 1.04 bits per heavy atom. The van der Waals surface area contributed by atoms with E-state index in [0.717, 1.165) is 5.56 Å². The van der Waals surface area contributed by atoms with Gasteiger partial charge in [-0.05, 0) is 45.9 Å². The third-order valence-electron chi connectivity index (χ3n) is 6.03. The van der Waals surface area contributed by atoms with Crippen LogP contribution in [0.5, 0.6) is 0 Å². The third-order valence-corrected chi connectivity index (χ3v) is 6.03. The van der Waals surface area contributed by atoms with Crippen molar-refractivity contribution < 1.29 is 0 Å². The predicted octanol–water partition coefficient (Wildman–Crippen LogP) is 6.07. The van der Waals surface area contributed by atoms with Gasteiger partial charge in [0, 0.05) is 6.04 Å². The summed E-state index contributed by atoms with van der Waals surface area (Å²) in [6.07, 6.45) is 0. The minimum Gasteiger partial charge on any atom is -0.324 e. The summed E-state index contributed by atoms with van der Waals surface area (Å²) in [5, 5.41) is 0. The maximum Gasteiger partial charge on any atom is 0.0713 e. The van der Waals surface area contributed by atoms with Crippen molar-refractivity contribution in [1.29, 1.82) is 0 Å². The Labute approximate surface area is 166 Å². The highest BCUT2D eigenvalue weighted by Crippen LogP contribution is 2.55. The molecular formula is C27H23N. The second-order valence-corrected chi connectivity index (χ2v) is 7.62. The van der Waals surface area contributed by atoms with Crippen LogP contribution in [0.2, 0.25) is 0 Å². The first-order valence-electron chi connectivity index (χ1n) is 9.84. The number of nitrogens with two attached hydrogens (primary N) is 1. The fourth-order valence-electron chi connectivity index (χ4n) is 4.75. The highest BCUT2D eigenvalue weighted by Gasteiger charge is 2.45.